The first kappa shape index (κ1) is 13.0. The highest BCUT2D eigenvalue weighted by atomic mass is 16.5. The van der Waals surface area contributed by atoms with E-state index in [-0.39, 0.29) is 0 Å². The van der Waals surface area contributed by atoms with Gasteiger partial charge in [0.15, 0.2) is 0 Å². The van der Waals surface area contributed by atoms with Crippen molar-refractivity contribution < 1.29 is 4.74 Å². The number of nitrogens with one attached hydrogen (secondary N) is 1. The van der Waals surface area contributed by atoms with Crippen LogP contribution in [-0.4, -0.2) is 19.2 Å². The number of ether oxygens (including phenoxy) is 1. The SMILES string of the molecule is CCNC(CC)COc1c(C)cccc1C. The summed E-state index contributed by atoms with van der Waals surface area (Å²) in [5.74, 6) is 1.04. The van der Waals surface area contributed by atoms with Crippen LogP contribution in [0.5, 0.6) is 5.75 Å². The van der Waals surface area contributed by atoms with Crippen LogP contribution in [-0.2, 0) is 0 Å². The molecule has 1 rings (SSSR count). The highest BCUT2D eigenvalue weighted by Gasteiger charge is 2.08. The predicted octanol–water partition coefficient (Wildman–Crippen LogP) is 3.07. The van der Waals surface area contributed by atoms with Crippen LogP contribution in [0.15, 0.2) is 18.2 Å². The van der Waals surface area contributed by atoms with Crippen molar-refractivity contribution in [1.29, 1.82) is 0 Å². The van der Waals surface area contributed by atoms with Gasteiger partial charge in [-0.25, -0.2) is 0 Å². The molecule has 0 heterocycles. The normalized spacial score (nSPS) is 12.5. The van der Waals surface area contributed by atoms with Gasteiger partial charge in [-0.2, -0.15) is 0 Å². The molecule has 0 spiro atoms. The van der Waals surface area contributed by atoms with Crippen LogP contribution in [0.3, 0.4) is 0 Å². The van der Waals surface area contributed by atoms with E-state index in [9.17, 15) is 0 Å². The van der Waals surface area contributed by atoms with E-state index in [4.69, 9.17) is 4.74 Å². The number of aryl methyl sites for hydroxylation is 2. The molecule has 2 heteroatoms. The van der Waals surface area contributed by atoms with Gasteiger partial charge in [0.25, 0.3) is 0 Å². The van der Waals surface area contributed by atoms with Gasteiger partial charge < -0.3 is 10.1 Å². The number of hydrogen-bond acceptors (Lipinski definition) is 2. The average molecular weight is 221 g/mol. The van der Waals surface area contributed by atoms with E-state index in [0.717, 1.165) is 25.3 Å². The number of likely N-dealkylation sites (N-methyl/N-ethyl adjacent to an activating group) is 1. The lowest BCUT2D eigenvalue weighted by atomic mass is 10.1. The van der Waals surface area contributed by atoms with Crippen molar-refractivity contribution in [1.82, 2.24) is 5.32 Å². The maximum atomic E-state index is 5.91. The number of hydrogen-bond donors (Lipinski definition) is 1. The number of benzene rings is 1. The Kier molecular flexibility index (Phi) is 5.33. The van der Waals surface area contributed by atoms with Gasteiger partial charge in [-0.15, -0.1) is 0 Å². The maximum Gasteiger partial charge on any atom is 0.125 e. The Labute approximate surface area is 99.0 Å². The summed E-state index contributed by atoms with van der Waals surface area (Å²) >= 11 is 0. The van der Waals surface area contributed by atoms with Crippen LogP contribution in [0, 0.1) is 13.8 Å². The number of rotatable bonds is 6. The topological polar surface area (TPSA) is 21.3 Å². The molecular formula is C14H23NO. The summed E-state index contributed by atoms with van der Waals surface area (Å²) in [7, 11) is 0. The van der Waals surface area contributed by atoms with E-state index in [1.165, 1.54) is 11.1 Å². The zero-order chi connectivity index (χ0) is 12.0. The summed E-state index contributed by atoms with van der Waals surface area (Å²) in [5.41, 5.74) is 2.43. The van der Waals surface area contributed by atoms with Gasteiger partial charge in [-0.1, -0.05) is 32.0 Å². The van der Waals surface area contributed by atoms with Crippen LogP contribution < -0.4 is 10.1 Å². The van der Waals surface area contributed by atoms with Crippen LogP contribution in [0.1, 0.15) is 31.4 Å². The third-order valence-electron chi connectivity index (χ3n) is 2.82. The lowest BCUT2D eigenvalue weighted by Gasteiger charge is -2.18. The molecule has 1 unspecified atom stereocenters. The van der Waals surface area contributed by atoms with Crippen molar-refractivity contribution >= 4 is 0 Å². The summed E-state index contributed by atoms with van der Waals surface area (Å²) in [6.07, 6.45) is 1.10. The first-order valence-corrected chi connectivity index (χ1v) is 6.11. The van der Waals surface area contributed by atoms with Crippen LogP contribution in [0.4, 0.5) is 0 Å². The van der Waals surface area contributed by atoms with Crippen molar-refractivity contribution in [2.45, 2.75) is 40.2 Å². The van der Waals surface area contributed by atoms with E-state index in [0.29, 0.717) is 6.04 Å². The molecule has 1 N–H and O–H groups in total. The second-order valence-corrected chi connectivity index (χ2v) is 4.19. The smallest absolute Gasteiger partial charge is 0.125 e. The fourth-order valence-corrected chi connectivity index (χ4v) is 1.82. The molecule has 0 aliphatic heterocycles. The van der Waals surface area contributed by atoms with Crippen molar-refractivity contribution in [2.75, 3.05) is 13.2 Å². The molecule has 0 aromatic heterocycles. The molecule has 0 bridgehead atoms. The number of para-hydroxylation sites is 1. The molecule has 0 aliphatic rings. The summed E-state index contributed by atoms with van der Waals surface area (Å²) in [6.45, 7) is 10.2. The van der Waals surface area contributed by atoms with Crippen LogP contribution >= 0.6 is 0 Å². The third kappa shape index (κ3) is 3.53. The molecule has 2 nitrogen and oxygen atoms in total. The maximum absolute atomic E-state index is 5.91. The molecule has 0 aliphatic carbocycles. The second-order valence-electron chi connectivity index (χ2n) is 4.19. The molecule has 1 aromatic rings. The lowest BCUT2D eigenvalue weighted by Crippen LogP contribution is -2.33. The third-order valence-corrected chi connectivity index (χ3v) is 2.82. The van der Waals surface area contributed by atoms with Crippen molar-refractivity contribution in [3.63, 3.8) is 0 Å². The second kappa shape index (κ2) is 6.54. The molecule has 1 atom stereocenters. The molecule has 0 saturated carbocycles. The average Bonchev–Trinajstić information content (AvgIpc) is 2.27. The quantitative estimate of drug-likeness (QED) is 0.797. The Balaban J connectivity index is 2.59. The van der Waals surface area contributed by atoms with Gasteiger partial charge in [-0.05, 0) is 37.9 Å². The molecule has 0 saturated heterocycles. The van der Waals surface area contributed by atoms with Crippen molar-refractivity contribution in [2.24, 2.45) is 0 Å². The Hall–Kier alpha value is -1.02. The minimum Gasteiger partial charge on any atom is -0.491 e. The fraction of sp³-hybridized carbons (Fsp3) is 0.571. The van der Waals surface area contributed by atoms with Gasteiger partial charge in [0.1, 0.15) is 12.4 Å². The minimum atomic E-state index is 0.448. The fourth-order valence-electron chi connectivity index (χ4n) is 1.82. The highest BCUT2D eigenvalue weighted by Crippen LogP contribution is 2.22. The summed E-state index contributed by atoms with van der Waals surface area (Å²) in [5, 5.41) is 3.42. The molecule has 0 amide bonds. The van der Waals surface area contributed by atoms with Gasteiger partial charge in [0, 0.05) is 6.04 Å². The molecule has 0 radical (unpaired) electrons. The predicted molar refractivity (Wildman–Crippen MR) is 69.2 cm³/mol. The summed E-state index contributed by atoms with van der Waals surface area (Å²) in [6, 6.07) is 6.70. The standard InChI is InChI=1S/C14H23NO/c1-5-13(15-6-2)10-16-14-11(3)8-7-9-12(14)4/h7-9,13,15H,5-6,10H2,1-4H3. The van der Waals surface area contributed by atoms with E-state index in [2.05, 4.69) is 51.2 Å². The zero-order valence-corrected chi connectivity index (χ0v) is 10.8. The molecule has 16 heavy (non-hydrogen) atoms. The monoisotopic (exact) mass is 221 g/mol. The first-order chi connectivity index (χ1) is 7.69. The zero-order valence-electron chi connectivity index (χ0n) is 10.8. The Bertz CT molecular complexity index is 302. The van der Waals surface area contributed by atoms with Crippen LogP contribution in [0.25, 0.3) is 0 Å². The molecule has 0 fully saturated rings. The molecule has 90 valence electrons. The molecular weight excluding hydrogens is 198 g/mol. The van der Waals surface area contributed by atoms with Crippen molar-refractivity contribution in [3.05, 3.63) is 29.3 Å². The Morgan fingerprint density at radius 3 is 2.31 bits per heavy atom. The first-order valence-electron chi connectivity index (χ1n) is 6.11. The van der Waals surface area contributed by atoms with E-state index in [1.807, 2.05) is 0 Å². The van der Waals surface area contributed by atoms with Gasteiger partial charge in [0.2, 0.25) is 0 Å². The molecule has 1 aromatic carbocycles. The van der Waals surface area contributed by atoms with Crippen LogP contribution in [0.2, 0.25) is 0 Å². The lowest BCUT2D eigenvalue weighted by molar-refractivity contribution is 0.259. The largest absolute Gasteiger partial charge is 0.491 e. The Morgan fingerprint density at radius 2 is 1.81 bits per heavy atom. The van der Waals surface area contributed by atoms with Gasteiger partial charge >= 0.3 is 0 Å². The van der Waals surface area contributed by atoms with Gasteiger partial charge in [-0.3, -0.25) is 0 Å². The summed E-state index contributed by atoms with van der Waals surface area (Å²) < 4.78 is 5.91. The van der Waals surface area contributed by atoms with E-state index >= 15 is 0 Å². The highest BCUT2D eigenvalue weighted by molar-refractivity contribution is 5.39. The van der Waals surface area contributed by atoms with E-state index < -0.39 is 0 Å². The van der Waals surface area contributed by atoms with Gasteiger partial charge in [0.05, 0.1) is 0 Å². The van der Waals surface area contributed by atoms with E-state index in [1.54, 1.807) is 0 Å². The Morgan fingerprint density at radius 1 is 1.19 bits per heavy atom. The van der Waals surface area contributed by atoms with Crippen molar-refractivity contribution in [3.8, 4) is 5.75 Å². The minimum absolute atomic E-state index is 0.448. The summed E-state index contributed by atoms with van der Waals surface area (Å²) in [4.78, 5) is 0.